The molecule has 0 spiro atoms. The van der Waals surface area contributed by atoms with Gasteiger partial charge >= 0.3 is 18.6 Å². The van der Waals surface area contributed by atoms with Crippen molar-refractivity contribution in [2.45, 2.75) is 26.5 Å². The Hall–Kier alpha value is -3.10. The molecule has 152 valence electrons. The highest BCUT2D eigenvalue weighted by atomic mass is 19.3. The van der Waals surface area contributed by atoms with Gasteiger partial charge in [-0.2, -0.15) is 8.78 Å². The summed E-state index contributed by atoms with van der Waals surface area (Å²) in [5.74, 6) is -0.706. The smallest absolute Gasteiger partial charge is 0.387 e. The highest BCUT2D eigenvalue weighted by Crippen LogP contribution is 2.36. The molecule has 1 N–H and O–H groups in total. The van der Waals surface area contributed by atoms with Crippen LogP contribution < -0.4 is 14.8 Å². The van der Waals surface area contributed by atoms with E-state index >= 15 is 0 Å². The van der Waals surface area contributed by atoms with Crippen LogP contribution in [0.1, 0.15) is 25.5 Å². The van der Waals surface area contributed by atoms with Gasteiger partial charge in [0.25, 0.3) is 0 Å². The molecule has 9 heteroatoms. The largest absolute Gasteiger partial charge is 0.493 e. The van der Waals surface area contributed by atoms with E-state index in [1.54, 1.807) is 13.8 Å². The molecule has 2 rings (SSSR count). The molecule has 2 amide bonds. The fraction of sp³-hybridized carbons (Fsp3) is 0.368. The third-order valence-electron chi connectivity index (χ3n) is 4.14. The van der Waals surface area contributed by atoms with Gasteiger partial charge in [0, 0.05) is 12.2 Å². The van der Waals surface area contributed by atoms with Gasteiger partial charge in [-0.15, -0.1) is 6.58 Å². The quantitative estimate of drug-likeness (QED) is 0.538. The number of methoxy groups -OCH3 is 1. The van der Waals surface area contributed by atoms with Crippen LogP contribution in [0.2, 0.25) is 0 Å². The summed E-state index contributed by atoms with van der Waals surface area (Å²) in [6.07, 6.45) is 1.53. The van der Waals surface area contributed by atoms with E-state index in [4.69, 9.17) is 9.47 Å². The summed E-state index contributed by atoms with van der Waals surface area (Å²) in [7, 11) is 1.30. The van der Waals surface area contributed by atoms with Gasteiger partial charge in [-0.1, -0.05) is 12.1 Å². The normalized spacial score (nSPS) is 16.7. The Balaban J connectivity index is 2.53. The highest BCUT2D eigenvalue weighted by molar-refractivity contribution is 5.95. The van der Waals surface area contributed by atoms with Crippen molar-refractivity contribution in [1.82, 2.24) is 10.2 Å². The standard InChI is InChI=1S/C19H22F2N2O5/c1-5-9-23-11(3)15(17(24)27-6-2)16(22-19(23)25)12-7-8-13(28-18(20)21)14(10-12)26-4/h5,7-8,10,16,18H,1,6,9H2,2-4H3,(H,22,25). The Labute approximate surface area is 161 Å². The molecule has 0 aromatic heterocycles. The molecule has 1 heterocycles. The Kier molecular flexibility index (Phi) is 6.97. The van der Waals surface area contributed by atoms with Crippen molar-refractivity contribution >= 4 is 12.0 Å². The molecule has 28 heavy (non-hydrogen) atoms. The van der Waals surface area contributed by atoms with Gasteiger partial charge in [-0.05, 0) is 31.5 Å². The number of allylic oxidation sites excluding steroid dienone is 1. The van der Waals surface area contributed by atoms with Gasteiger partial charge < -0.3 is 19.5 Å². The van der Waals surface area contributed by atoms with Gasteiger partial charge in [0.05, 0.1) is 25.3 Å². The molecule has 0 aliphatic carbocycles. The van der Waals surface area contributed by atoms with E-state index in [0.29, 0.717) is 11.3 Å². The average molecular weight is 396 g/mol. The SMILES string of the molecule is C=CCN1C(=O)NC(c2ccc(OC(F)F)c(OC)c2)C(C(=O)OCC)=C1C. The minimum Gasteiger partial charge on any atom is -0.493 e. The van der Waals surface area contributed by atoms with Crippen LogP contribution in [0.4, 0.5) is 13.6 Å². The van der Waals surface area contributed by atoms with E-state index in [9.17, 15) is 18.4 Å². The number of halogens is 2. The number of hydrogen-bond acceptors (Lipinski definition) is 5. The molecule has 1 aromatic rings. The number of ether oxygens (including phenoxy) is 3. The second kappa shape index (κ2) is 9.20. The number of alkyl halides is 2. The van der Waals surface area contributed by atoms with Crippen LogP contribution in [0.15, 0.2) is 42.1 Å². The third-order valence-corrected chi connectivity index (χ3v) is 4.14. The molecule has 1 atom stereocenters. The van der Waals surface area contributed by atoms with Crippen LogP contribution in [0.5, 0.6) is 11.5 Å². The number of carbonyl (C=O) groups excluding carboxylic acids is 2. The van der Waals surface area contributed by atoms with Gasteiger partial charge in [-0.3, -0.25) is 4.90 Å². The predicted octanol–water partition coefficient (Wildman–Crippen LogP) is 3.39. The molecule has 0 saturated carbocycles. The first-order chi connectivity index (χ1) is 13.3. The molecule has 0 bridgehead atoms. The minimum absolute atomic E-state index is 0.0430. The number of hydrogen-bond donors (Lipinski definition) is 1. The second-order valence-electron chi connectivity index (χ2n) is 5.79. The van der Waals surface area contributed by atoms with Crippen LogP contribution >= 0.6 is 0 Å². The first-order valence-electron chi connectivity index (χ1n) is 8.53. The van der Waals surface area contributed by atoms with Crippen LogP contribution in [-0.4, -0.2) is 43.8 Å². The van der Waals surface area contributed by atoms with E-state index in [1.807, 2.05) is 0 Å². The molecular formula is C19H22F2N2O5. The fourth-order valence-electron chi connectivity index (χ4n) is 2.91. The van der Waals surface area contributed by atoms with E-state index < -0.39 is 24.7 Å². The fourth-order valence-corrected chi connectivity index (χ4v) is 2.91. The number of rotatable bonds is 8. The zero-order valence-corrected chi connectivity index (χ0v) is 15.8. The molecule has 0 radical (unpaired) electrons. The van der Waals surface area contributed by atoms with Crippen LogP contribution in [0.25, 0.3) is 0 Å². The highest BCUT2D eigenvalue weighted by Gasteiger charge is 2.36. The molecule has 7 nitrogen and oxygen atoms in total. The Morgan fingerprint density at radius 3 is 2.68 bits per heavy atom. The zero-order valence-electron chi connectivity index (χ0n) is 15.8. The minimum atomic E-state index is -3.01. The summed E-state index contributed by atoms with van der Waals surface area (Å²) in [4.78, 5) is 26.4. The maximum Gasteiger partial charge on any atom is 0.387 e. The average Bonchev–Trinajstić information content (AvgIpc) is 2.64. The van der Waals surface area contributed by atoms with Crippen molar-refractivity contribution < 1.29 is 32.6 Å². The molecule has 0 fully saturated rings. The van der Waals surface area contributed by atoms with Gasteiger partial charge in [-0.25, -0.2) is 9.59 Å². The van der Waals surface area contributed by atoms with E-state index in [1.165, 1.54) is 36.3 Å². The Morgan fingerprint density at radius 1 is 1.39 bits per heavy atom. The zero-order chi connectivity index (χ0) is 20.8. The van der Waals surface area contributed by atoms with Crippen molar-refractivity contribution in [2.75, 3.05) is 20.3 Å². The van der Waals surface area contributed by atoms with Crippen LogP contribution in [-0.2, 0) is 9.53 Å². The summed E-state index contributed by atoms with van der Waals surface area (Å²) in [5, 5.41) is 2.73. The number of carbonyl (C=O) groups is 2. The lowest BCUT2D eigenvalue weighted by atomic mass is 9.94. The molecule has 1 aromatic carbocycles. The molecule has 1 unspecified atom stereocenters. The van der Waals surface area contributed by atoms with Crippen LogP contribution in [0, 0.1) is 0 Å². The Morgan fingerprint density at radius 2 is 2.11 bits per heavy atom. The number of benzene rings is 1. The van der Waals surface area contributed by atoms with Crippen LogP contribution in [0.3, 0.4) is 0 Å². The molecule has 1 aliphatic rings. The van der Waals surface area contributed by atoms with Crippen molar-refractivity contribution in [3.63, 3.8) is 0 Å². The number of nitrogens with zero attached hydrogens (tertiary/aromatic N) is 1. The monoisotopic (exact) mass is 396 g/mol. The maximum atomic E-state index is 12.6. The lowest BCUT2D eigenvalue weighted by Gasteiger charge is -2.35. The third kappa shape index (κ3) is 4.41. The Bertz CT molecular complexity index is 795. The summed E-state index contributed by atoms with van der Waals surface area (Å²) in [6.45, 7) is 4.26. The molecule has 0 saturated heterocycles. The van der Waals surface area contributed by atoms with E-state index in [0.717, 1.165) is 0 Å². The number of urea groups is 1. The summed E-state index contributed by atoms with van der Waals surface area (Å²) >= 11 is 0. The lowest BCUT2D eigenvalue weighted by molar-refractivity contribution is -0.139. The van der Waals surface area contributed by atoms with Gasteiger partial charge in [0.15, 0.2) is 11.5 Å². The summed E-state index contributed by atoms with van der Waals surface area (Å²) < 4.78 is 39.8. The summed E-state index contributed by atoms with van der Waals surface area (Å²) in [5.41, 5.74) is 1.10. The first-order valence-corrected chi connectivity index (χ1v) is 8.53. The van der Waals surface area contributed by atoms with Gasteiger partial charge in [0.2, 0.25) is 0 Å². The maximum absolute atomic E-state index is 12.6. The number of amides is 2. The molecule has 1 aliphatic heterocycles. The second-order valence-corrected chi connectivity index (χ2v) is 5.79. The van der Waals surface area contributed by atoms with Gasteiger partial charge in [0.1, 0.15) is 0 Å². The number of esters is 1. The van der Waals surface area contributed by atoms with Crippen molar-refractivity contribution in [3.05, 3.63) is 47.7 Å². The molecular weight excluding hydrogens is 374 g/mol. The van der Waals surface area contributed by atoms with E-state index in [-0.39, 0.29) is 30.2 Å². The first kappa shape index (κ1) is 21.2. The van der Waals surface area contributed by atoms with E-state index in [2.05, 4.69) is 16.6 Å². The van der Waals surface area contributed by atoms with Crippen molar-refractivity contribution in [3.8, 4) is 11.5 Å². The lowest BCUT2D eigenvalue weighted by Crippen LogP contribution is -2.48. The predicted molar refractivity (Wildman–Crippen MR) is 97.1 cm³/mol. The topological polar surface area (TPSA) is 77.1 Å². The van der Waals surface area contributed by atoms with Crippen molar-refractivity contribution in [1.29, 1.82) is 0 Å². The number of nitrogens with one attached hydrogen (secondary N) is 1. The summed E-state index contributed by atoms with van der Waals surface area (Å²) in [6, 6.07) is 2.92. The van der Waals surface area contributed by atoms with Crippen molar-refractivity contribution in [2.24, 2.45) is 0 Å².